The Balaban J connectivity index is 1.71. The first-order valence-corrected chi connectivity index (χ1v) is 11.0. The summed E-state index contributed by atoms with van der Waals surface area (Å²) in [6.45, 7) is 3.85. The molecule has 9 heteroatoms. The number of piperidine rings is 1. The highest BCUT2D eigenvalue weighted by atomic mass is 79.9. The molecule has 0 unspecified atom stereocenters. The minimum absolute atomic E-state index is 0.0663. The number of aryl methyl sites for hydroxylation is 2. The van der Waals surface area contributed by atoms with Gasteiger partial charge in [0, 0.05) is 17.4 Å². The van der Waals surface area contributed by atoms with Crippen LogP contribution in [-0.2, 0) is 4.79 Å². The molecule has 1 amide bonds. The highest BCUT2D eigenvalue weighted by molar-refractivity contribution is 9.10. The van der Waals surface area contributed by atoms with Crippen LogP contribution in [0.3, 0.4) is 0 Å². The summed E-state index contributed by atoms with van der Waals surface area (Å²) in [5.41, 5.74) is 4.66. The fraction of sp³-hybridized carbons (Fsp3) is 0.300. The Morgan fingerprint density at radius 2 is 2.17 bits per heavy atom. The number of carbonyl (C=O) groups excluding carboxylic acids is 1. The molecule has 0 spiro atoms. The van der Waals surface area contributed by atoms with E-state index in [0.717, 1.165) is 62.0 Å². The topological polar surface area (TPSA) is 85.8 Å². The van der Waals surface area contributed by atoms with Gasteiger partial charge in [0.05, 0.1) is 22.8 Å². The van der Waals surface area contributed by atoms with Gasteiger partial charge in [0.1, 0.15) is 16.2 Å². The molecule has 4 aromatic rings. The second-order valence-corrected chi connectivity index (χ2v) is 8.82. The van der Waals surface area contributed by atoms with Gasteiger partial charge in [-0.25, -0.2) is 9.97 Å². The van der Waals surface area contributed by atoms with Gasteiger partial charge < -0.3 is 9.84 Å². The lowest BCUT2D eigenvalue weighted by Crippen LogP contribution is -2.34. The van der Waals surface area contributed by atoms with E-state index >= 15 is 0 Å². The fourth-order valence-corrected chi connectivity index (χ4v) is 5.20. The number of nitrogens with one attached hydrogen (secondary N) is 1. The number of hydrogen-bond donors (Lipinski definition) is 1. The molecule has 1 aromatic carbocycles. The Kier molecular flexibility index (Phi) is 4.51. The first-order valence-electron chi connectivity index (χ1n) is 9.37. The summed E-state index contributed by atoms with van der Waals surface area (Å²) in [6, 6.07) is 6.02. The van der Waals surface area contributed by atoms with Crippen molar-refractivity contribution < 1.29 is 9.32 Å². The maximum absolute atomic E-state index is 12.0. The zero-order valence-corrected chi connectivity index (χ0v) is 18.3. The van der Waals surface area contributed by atoms with Crippen LogP contribution in [0.5, 0.6) is 0 Å². The monoisotopic (exact) mass is 471 g/mol. The molecular weight excluding hydrogens is 454 g/mol. The minimum atomic E-state index is -0.131. The van der Waals surface area contributed by atoms with E-state index in [2.05, 4.69) is 48.1 Å². The van der Waals surface area contributed by atoms with Crippen LogP contribution >= 0.6 is 27.3 Å². The first-order chi connectivity index (χ1) is 14.0. The third-order valence-corrected chi connectivity index (χ3v) is 6.74. The van der Waals surface area contributed by atoms with Gasteiger partial charge in [-0.05, 0) is 60.3 Å². The summed E-state index contributed by atoms with van der Waals surface area (Å²) in [7, 11) is 0. The lowest BCUT2D eigenvalue weighted by molar-refractivity contribution is -0.123. The van der Waals surface area contributed by atoms with E-state index in [1.165, 1.54) is 11.3 Å². The molecule has 1 N–H and O–H groups in total. The van der Waals surface area contributed by atoms with Gasteiger partial charge in [0.25, 0.3) is 0 Å². The molecule has 4 heterocycles. The summed E-state index contributed by atoms with van der Waals surface area (Å²) >= 11 is 4.98. The molecule has 3 aromatic heterocycles. The number of halogens is 1. The fourth-order valence-electron chi connectivity index (χ4n) is 3.93. The lowest BCUT2D eigenvalue weighted by Gasteiger charge is -2.23. The van der Waals surface area contributed by atoms with Crippen molar-refractivity contribution in [2.75, 3.05) is 0 Å². The molecule has 1 saturated heterocycles. The highest BCUT2D eigenvalue weighted by Crippen LogP contribution is 2.34. The molecule has 0 radical (unpaired) electrons. The summed E-state index contributed by atoms with van der Waals surface area (Å²) in [5, 5.41) is 9.92. The number of imidazole rings is 1. The summed E-state index contributed by atoms with van der Waals surface area (Å²) in [6.07, 6.45) is 2.28. The van der Waals surface area contributed by atoms with E-state index < -0.39 is 0 Å². The molecule has 148 valence electrons. The number of benzene rings is 1. The molecule has 1 atom stereocenters. The molecule has 0 bridgehead atoms. The Morgan fingerprint density at radius 1 is 1.31 bits per heavy atom. The zero-order chi connectivity index (χ0) is 20.1. The largest absolute Gasteiger partial charge is 0.361 e. The van der Waals surface area contributed by atoms with Crippen molar-refractivity contribution >= 4 is 44.2 Å². The molecule has 5 rings (SSSR count). The molecule has 1 fully saturated rings. The summed E-state index contributed by atoms with van der Waals surface area (Å²) in [5.74, 6) is 1.66. The number of thiazole rings is 1. The van der Waals surface area contributed by atoms with Gasteiger partial charge >= 0.3 is 0 Å². The lowest BCUT2D eigenvalue weighted by atomic mass is 10.0. The molecule has 1 aliphatic rings. The zero-order valence-electron chi connectivity index (χ0n) is 15.9. The van der Waals surface area contributed by atoms with Crippen LogP contribution in [0.4, 0.5) is 0 Å². The van der Waals surface area contributed by atoms with Crippen molar-refractivity contribution in [2.24, 2.45) is 0 Å². The van der Waals surface area contributed by atoms with Gasteiger partial charge in [0.2, 0.25) is 5.91 Å². The third kappa shape index (κ3) is 3.18. The van der Waals surface area contributed by atoms with Crippen LogP contribution < -0.4 is 5.32 Å². The van der Waals surface area contributed by atoms with Crippen LogP contribution in [0, 0.1) is 13.8 Å². The number of nitrogens with zero attached hydrogens (tertiary/aromatic N) is 4. The predicted octanol–water partition coefficient (Wildman–Crippen LogP) is 4.86. The Labute approximate surface area is 179 Å². The average molecular weight is 472 g/mol. The van der Waals surface area contributed by atoms with Crippen molar-refractivity contribution in [1.29, 1.82) is 0 Å². The normalized spacial score (nSPS) is 17.1. The van der Waals surface area contributed by atoms with Gasteiger partial charge in [-0.2, -0.15) is 0 Å². The number of amides is 1. The quantitative estimate of drug-likeness (QED) is 0.461. The van der Waals surface area contributed by atoms with Crippen LogP contribution in [0.2, 0.25) is 0 Å². The van der Waals surface area contributed by atoms with E-state index in [-0.39, 0.29) is 11.9 Å². The molecule has 29 heavy (non-hydrogen) atoms. The smallest absolute Gasteiger partial charge is 0.220 e. The highest BCUT2D eigenvalue weighted by Gasteiger charge is 2.27. The van der Waals surface area contributed by atoms with Crippen molar-refractivity contribution in [1.82, 2.24) is 25.0 Å². The van der Waals surface area contributed by atoms with E-state index in [4.69, 9.17) is 9.51 Å². The van der Waals surface area contributed by atoms with Crippen molar-refractivity contribution in [3.63, 3.8) is 0 Å². The van der Waals surface area contributed by atoms with Gasteiger partial charge in [-0.3, -0.25) is 9.36 Å². The van der Waals surface area contributed by atoms with E-state index in [0.29, 0.717) is 6.42 Å². The number of hydrogen-bond acceptors (Lipinski definition) is 6. The van der Waals surface area contributed by atoms with E-state index in [9.17, 15) is 4.79 Å². The standard InChI is InChI=1S/C20H18BrN5O2S/c1-10-18(11(2)28-25-10)12-6-7-15-14(8-12)23-19(13-4-3-5-17(27)22-13)26(15)20-24-16(21)9-29-20/h6-9,13H,3-5H2,1-2H3,(H,22,27)/t13-/m0/s1. The van der Waals surface area contributed by atoms with Crippen molar-refractivity contribution in [3.8, 4) is 16.3 Å². The molecule has 1 aliphatic heterocycles. The summed E-state index contributed by atoms with van der Waals surface area (Å²) < 4.78 is 8.17. The summed E-state index contributed by atoms with van der Waals surface area (Å²) in [4.78, 5) is 21.5. The maximum Gasteiger partial charge on any atom is 0.220 e. The molecule has 0 aliphatic carbocycles. The Morgan fingerprint density at radius 3 is 2.86 bits per heavy atom. The van der Waals surface area contributed by atoms with Gasteiger partial charge in [-0.1, -0.05) is 11.2 Å². The average Bonchev–Trinajstić information content (AvgIpc) is 3.38. The van der Waals surface area contributed by atoms with E-state index in [1.807, 2.05) is 25.3 Å². The molecule has 0 saturated carbocycles. The second kappa shape index (κ2) is 7.07. The number of rotatable bonds is 3. The Hall–Kier alpha value is -2.52. The van der Waals surface area contributed by atoms with Gasteiger partial charge in [0.15, 0.2) is 5.13 Å². The van der Waals surface area contributed by atoms with Crippen molar-refractivity contribution in [3.05, 3.63) is 45.5 Å². The minimum Gasteiger partial charge on any atom is -0.361 e. The van der Waals surface area contributed by atoms with Crippen LogP contribution in [0.1, 0.15) is 42.6 Å². The van der Waals surface area contributed by atoms with Crippen LogP contribution in [-0.4, -0.2) is 25.6 Å². The van der Waals surface area contributed by atoms with Crippen LogP contribution in [0.25, 0.3) is 27.3 Å². The predicted molar refractivity (Wildman–Crippen MR) is 114 cm³/mol. The number of aromatic nitrogens is 4. The number of fused-ring (bicyclic) bond motifs is 1. The first kappa shape index (κ1) is 18.5. The van der Waals surface area contributed by atoms with Crippen LogP contribution in [0.15, 0.2) is 32.7 Å². The number of carbonyl (C=O) groups is 1. The maximum atomic E-state index is 12.0. The molecular formula is C20H18BrN5O2S. The third-order valence-electron chi connectivity index (χ3n) is 5.20. The Bertz CT molecular complexity index is 1220. The van der Waals surface area contributed by atoms with E-state index in [1.54, 1.807) is 0 Å². The second-order valence-electron chi connectivity index (χ2n) is 7.17. The van der Waals surface area contributed by atoms with Crippen molar-refractivity contribution in [2.45, 2.75) is 39.2 Å². The molecule has 7 nitrogen and oxygen atoms in total. The van der Waals surface area contributed by atoms with Gasteiger partial charge in [-0.15, -0.1) is 11.3 Å². The SMILES string of the molecule is Cc1noc(C)c1-c1ccc2c(c1)nc([C@@H]1CCCC(=O)N1)n2-c1nc(Br)cs1.